The lowest BCUT2D eigenvalue weighted by atomic mass is 10.3. The summed E-state index contributed by atoms with van der Waals surface area (Å²) in [6, 6.07) is 5.95. The molecule has 0 fully saturated rings. The minimum Gasteiger partial charge on any atom is -0.486 e. The van der Waals surface area contributed by atoms with Gasteiger partial charge in [-0.1, -0.05) is 0 Å². The Balaban J connectivity index is 2.77. The maximum absolute atomic E-state index is 11.1. The number of hydrogen-bond donors (Lipinski definition) is 0. The first kappa shape index (κ1) is 11.7. The predicted octanol–water partition coefficient (Wildman–Crippen LogP) is 1.06. The molecule has 0 bridgehead atoms. The smallest absolute Gasteiger partial charge is 0.175 e. The number of carbonyl (C=O) groups is 1. The van der Waals surface area contributed by atoms with Crippen molar-refractivity contribution in [3.63, 3.8) is 0 Å². The fourth-order valence-electron chi connectivity index (χ4n) is 0.968. The molecule has 0 unspecified atom stereocenters. The van der Waals surface area contributed by atoms with E-state index in [0.717, 1.165) is 6.26 Å². The van der Waals surface area contributed by atoms with Crippen molar-refractivity contribution in [3.05, 3.63) is 24.3 Å². The lowest BCUT2D eigenvalue weighted by Crippen LogP contribution is -2.06. The predicted molar refractivity (Wildman–Crippen MR) is 55.7 cm³/mol. The third-order valence-electron chi connectivity index (χ3n) is 1.69. The van der Waals surface area contributed by atoms with Gasteiger partial charge in [-0.2, -0.15) is 0 Å². The summed E-state index contributed by atoms with van der Waals surface area (Å²) < 4.78 is 27.3. The van der Waals surface area contributed by atoms with Crippen molar-refractivity contribution in [2.24, 2.45) is 0 Å². The van der Waals surface area contributed by atoms with E-state index >= 15 is 0 Å². The van der Waals surface area contributed by atoms with E-state index < -0.39 is 9.84 Å². The molecule has 0 aliphatic heterocycles. The molecule has 0 aliphatic carbocycles. The number of Topliss-reactive ketones (excluding diaryl/α,β-unsaturated/α-hetero) is 1. The SMILES string of the molecule is CC(=O)COc1ccc(S(C)(=O)=O)cc1. The van der Waals surface area contributed by atoms with Gasteiger partial charge in [0.25, 0.3) is 0 Å². The van der Waals surface area contributed by atoms with E-state index in [2.05, 4.69) is 0 Å². The molecule has 0 atom stereocenters. The summed E-state index contributed by atoms with van der Waals surface area (Å²) in [6.45, 7) is 1.42. The summed E-state index contributed by atoms with van der Waals surface area (Å²) in [6.07, 6.45) is 1.14. The normalized spacial score (nSPS) is 11.1. The first-order valence-electron chi connectivity index (χ1n) is 4.32. The van der Waals surface area contributed by atoms with E-state index in [1.165, 1.54) is 31.2 Å². The molecule has 1 aromatic rings. The quantitative estimate of drug-likeness (QED) is 0.773. The highest BCUT2D eigenvalue weighted by Gasteiger charge is 2.06. The fraction of sp³-hybridized carbons (Fsp3) is 0.300. The van der Waals surface area contributed by atoms with E-state index in [4.69, 9.17) is 4.74 Å². The second-order valence-corrected chi connectivity index (χ2v) is 5.25. The van der Waals surface area contributed by atoms with Gasteiger partial charge in [0, 0.05) is 6.26 Å². The van der Waals surface area contributed by atoms with Crippen LogP contribution in [0.15, 0.2) is 29.2 Å². The van der Waals surface area contributed by atoms with Crippen LogP contribution in [0.4, 0.5) is 0 Å². The maximum atomic E-state index is 11.1. The Morgan fingerprint density at radius 3 is 2.20 bits per heavy atom. The first-order valence-corrected chi connectivity index (χ1v) is 6.21. The van der Waals surface area contributed by atoms with Gasteiger partial charge in [0.05, 0.1) is 4.90 Å². The Hall–Kier alpha value is -1.36. The van der Waals surface area contributed by atoms with Gasteiger partial charge in [-0.05, 0) is 31.2 Å². The second kappa shape index (κ2) is 4.44. The molecule has 0 radical (unpaired) electrons. The number of benzene rings is 1. The fourth-order valence-corrected chi connectivity index (χ4v) is 1.60. The molecular formula is C10H12O4S. The monoisotopic (exact) mass is 228 g/mol. The van der Waals surface area contributed by atoms with E-state index in [0.29, 0.717) is 5.75 Å². The van der Waals surface area contributed by atoms with Crippen LogP contribution in [0.25, 0.3) is 0 Å². The maximum Gasteiger partial charge on any atom is 0.175 e. The highest BCUT2D eigenvalue weighted by atomic mass is 32.2. The minimum atomic E-state index is -3.17. The van der Waals surface area contributed by atoms with Crippen molar-refractivity contribution in [1.82, 2.24) is 0 Å². The topological polar surface area (TPSA) is 60.4 Å². The standard InChI is InChI=1S/C10H12O4S/c1-8(11)7-14-9-3-5-10(6-4-9)15(2,12)13/h3-6H,7H2,1-2H3. The molecule has 0 aromatic heterocycles. The molecule has 1 rings (SSSR count). The molecule has 0 saturated heterocycles. The number of ether oxygens (including phenoxy) is 1. The van der Waals surface area contributed by atoms with Gasteiger partial charge in [-0.3, -0.25) is 4.79 Å². The number of carbonyl (C=O) groups excluding carboxylic acids is 1. The Morgan fingerprint density at radius 2 is 1.80 bits per heavy atom. The number of ketones is 1. The van der Waals surface area contributed by atoms with Crippen LogP contribution in [0.5, 0.6) is 5.75 Å². The average Bonchev–Trinajstić information content (AvgIpc) is 2.14. The summed E-state index contributed by atoms with van der Waals surface area (Å²) in [5.74, 6) is 0.403. The number of hydrogen-bond acceptors (Lipinski definition) is 4. The van der Waals surface area contributed by atoms with Crippen LogP contribution in [-0.2, 0) is 14.6 Å². The van der Waals surface area contributed by atoms with Gasteiger partial charge in [0.15, 0.2) is 15.6 Å². The molecule has 0 heterocycles. The van der Waals surface area contributed by atoms with Crippen LogP contribution in [0.3, 0.4) is 0 Å². The molecule has 0 amide bonds. The average molecular weight is 228 g/mol. The number of rotatable bonds is 4. The molecule has 0 spiro atoms. The number of sulfone groups is 1. The van der Waals surface area contributed by atoms with Crippen LogP contribution in [-0.4, -0.2) is 27.1 Å². The lowest BCUT2D eigenvalue weighted by molar-refractivity contribution is -0.118. The van der Waals surface area contributed by atoms with Crippen molar-refractivity contribution in [3.8, 4) is 5.75 Å². The first-order chi connectivity index (χ1) is 6.89. The Kier molecular flexibility index (Phi) is 3.47. The zero-order valence-corrected chi connectivity index (χ0v) is 9.37. The van der Waals surface area contributed by atoms with Crippen molar-refractivity contribution in [2.75, 3.05) is 12.9 Å². The van der Waals surface area contributed by atoms with Gasteiger partial charge in [0.2, 0.25) is 0 Å². The Labute approximate surface area is 88.8 Å². The summed E-state index contributed by atoms with van der Waals surface area (Å²) >= 11 is 0. The third-order valence-corrected chi connectivity index (χ3v) is 2.82. The van der Waals surface area contributed by atoms with Crippen molar-refractivity contribution in [1.29, 1.82) is 0 Å². The largest absolute Gasteiger partial charge is 0.486 e. The molecule has 15 heavy (non-hydrogen) atoms. The highest BCUT2D eigenvalue weighted by molar-refractivity contribution is 7.90. The van der Waals surface area contributed by atoms with Gasteiger partial charge in [-0.25, -0.2) is 8.42 Å². The van der Waals surface area contributed by atoms with Crippen molar-refractivity contribution >= 4 is 15.6 Å². The molecular weight excluding hydrogens is 216 g/mol. The summed E-state index contributed by atoms with van der Waals surface area (Å²) in [7, 11) is -3.17. The summed E-state index contributed by atoms with van der Waals surface area (Å²) in [4.78, 5) is 10.9. The third kappa shape index (κ3) is 3.71. The molecule has 5 heteroatoms. The molecule has 0 saturated carbocycles. The van der Waals surface area contributed by atoms with Crippen LogP contribution in [0.2, 0.25) is 0 Å². The van der Waals surface area contributed by atoms with E-state index in [-0.39, 0.29) is 17.3 Å². The summed E-state index contributed by atoms with van der Waals surface area (Å²) in [5.41, 5.74) is 0. The van der Waals surface area contributed by atoms with Gasteiger partial charge < -0.3 is 4.74 Å². The van der Waals surface area contributed by atoms with Crippen LogP contribution in [0, 0.1) is 0 Å². The molecule has 1 aromatic carbocycles. The molecule has 4 nitrogen and oxygen atoms in total. The van der Waals surface area contributed by atoms with Gasteiger partial charge in [0.1, 0.15) is 12.4 Å². The van der Waals surface area contributed by atoms with Crippen molar-refractivity contribution in [2.45, 2.75) is 11.8 Å². The van der Waals surface area contributed by atoms with Crippen LogP contribution < -0.4 is 4.74 Å². The lowest BCUT2D eigenvalue weighted by Gasteiger charge is -2.04. The van der Waals surface area contributed by atoms with Crippen LogP contribution >= 0.6 is 0 Å². The summed E-state index contributed by atoms with van der Waals surface area (Å²) in [5, 5.41) is 0. The van der Waals surface area contributed by atoms with E-state index in [1.54, 1.807) is 0 Å². The molecule has 0 N–H and O–H groups in total. The highest BCUT2D eigenvalue weighted by Crippen LogP contribution is 2.15. The zero-order valence-electron chi connectivity index (χ0n) is 8.56. The van der Waals surface area contributed by atoms with E-state index in [9.17, 15) is 13.2 Å². The molecule has 82 valence electrons. The van der Waals surface area contributed by atoms with Crippen LogP contribution in [0.1, 0.15) is 6.92 Å². The zero-order chi connectivity index (χ0) is 11.5. The second-order valence-electron chi connectivity index (χ2n) is 3.23. The Morgan fingerprint density at radius 1 is 1.27 bits per heavy atom. The minimum absolute atomic E-state index is 0.00176. The Bertz CT molecular complexity index is 445. The van der Waals surface area contributed by atoms with Gasteiger partial charge >= 0.3 is 0 Å². The van der Waals surface area contributed by atoms with Gasteiger partial charge in [-0.15, -0.1) is 0 Å². The molecule has 0 aliphatic rings. The van der Waals surface area contributed by atoms with E-state index in [1.807, 2.05) is 0 Å². The van der Waals surface area contributed by atoms with Crippen molar-refractivity contribution < 1.29 is 17.9 Å².